The predicted octanol–water partition coefficient (Wildman–Crippen LogP) is 7.28. The standard InChI is InChI=1S/C29H21N5O7S/c30-24-11-5-18-13-22(42(39,40)41)15-26(36)27(18)28(24)34-32-20-8-3-17(4-9-20)16-1-6-19(7-2-16)31-33-21-10-12-25(35)23(14-21)29(37)38/h1-15,35-36H,30H2,(H,37,38)(H,39,40,41). The van der Waals surface area contributed by atoms with Crippen molar-refractivity contribution in [2.75, 3.05) is 5.73 Å². The molecule has 0 radical (unpaired) electrons. The van der Waals surface area contributed by atoms with E-state index in [9.17, 15) is 28.0 Å². The largest absolute Gasteiger partial charge is 0.507 e. The number of phenolic OH excluding ortho intramolecular Hbond substituents is 1. The second kappa shape index (κ2) is 11.1. The molecule has 0 aliphatic rings. The number of hydrogen-bond donors (Lipinski definition) is 5. The van der Waals surface area contributed by atoms with Gasteiger partial charge in [0.2, 0.25) is 0 Å². The fourth-order valence-electron chi connectivity index (χ4n) is 4.09. The monoisotopic (exact) mass is 583 g/mol. The van der Waals surface area contributed by atoms with E-state index in [1.54, 1.807) is 24.3 Å². The van der Waals surface area contributed by atoms with Gasteiger partial charge in [-0.1, -0.05) is 30.3 Å². The molecular weight excluding hydrogens is 562 g/mol. The molecule has 6 N–H and O–H groups in total. The molecule has 12 nitrogen and oxygen atoms in total. The molecule has 0 aromatic heterocycles. The number of nitrogens with two attached hydrogens (primary N) is 1. The maximum atomic E-state index is 11.5. The molecule has 0 unspecified atom stereocenters. The number of nitrogens with zero attached hydrogens (tertiary/aromatic N) is 4. The zero-order chi connectivity index (χ0) is 30.0. The zero-order valence-corrected chi connectivity index (χ0v) is 22.3. The summed E-state index contributed by atoms with van der Waals surface area (Å²) < 4.78 is 32.3. The first-order valence-electron chi connectivity index (χ1n) is 12.1. The highest BCUT2D eigenvalue weighted by atomic mass is 32.2. The average Bonchev–Trinajstić information content (AvgIpc) is 2.96. The third kappa shape index (κ3) is 5.91. The number of nitrogen functional groups attached to an aromatic ring is 1. The number of phenols is 2. The van der Waals surface area contributed by atoms with E-state index in [0.717, 1.165) is 17.2 Å². The van der Waals surface area contributed by atoms with Crippen LogP contribution in [0.2, 0.25) is 0 Å². The molecule has 210 valence electrons. The number of carboxylic acid groups (broad SMARTS) is 1. The van der Waals surface area contributed by atoms with Gasteiger partial charge in [0.15, 0.2) is 0 Å². The van der Waals surface area contributed by atoms with Gasteiger partial charge in [0.1, 0.15) is 22.7 Å². The van der Waals surface area contributed by atoms with Crippen LogP contribution in [0.25, 0.3) is 21.9 Å². The highest BCUT2D eigenvalue weighted by molar-refractivity contribution is 7.85. The van der Waals surface area contributed by atoms with Gasteiger partial charge in [-0.2, -0.15) is 23.8 Å². The van der Waals surface area contributed by atoms with Crippen LogP contribution in [0.3, 0.4) is 0 Å². The summed E-state index contributed by atoms with van der Waals surface area (Å²) in [7, 11) is -4.53. The Kier molecular flexibility index (Phi) is 7.35. The second-order valence-electron chi connectivity index (χ2n) is 9.02. The molecule has 0 atom stereocenters. The van der Waals surface area contributed by atoms with E-state index in [1.165, 1.54) is 36.4 Å². The van der Waals surface area contributed by atoms with Gasteiger partial charge >= 0.3 is 5.97 Å². The number of benzene rings is 5. The van der Waals surface area contributed by atoms with Crippen LogP contribution in [0.15, 0.2) is 116 Å². The lowest BCUT2D eigenvalue weighted by Gasteiger charge is -2.09. The van der Waals surface area contributed by atoms with Crippen LogP contribution >= 0.6 is 0 Å². The lowest BCUT2D eigenvalue weighted by atomic mass is 10.1. The number of rotatable bonds is 7. The van der Waals surface area contributed by atoms with E-state index in [0.29, 0.717) is 16.8 Å². The van der Waals surface area contributed by atoms with Crippen molar-refractivity contribution in [3.05, 3.63) is 96.6 Å². The molecule has 0 saturated heterocycles. The third-order valence-electron chi connectivity index (χ3n) is 6.20. The molecule has 0 aliphatic carbocycles. The molecule has 5 aromatic carbocycles. The molecule has 0 aliphatic heterocycles. The van der Waals surface area contributed by atoms with E-state index in [4.69, 9.17) is 10.8 Å². The molecule has 0 spiro atoms. The normalized spacial score (nSPS) is 11.9. The van der Waals surface area contributed by atoms with Crippen molar-refractivity contribution in [3.63, 3.8) is 0 Å². The van der Waals surface area contributed by atoms with E-state index in [1.807, 2.05) is 24.3 Å². The van der Waals surface area contributed by atoms with Gasteiger partial charge in [-0.15, -0.1) is 5.11 Å². The molecule has 42 heavy (non-hydrogen) atoms. The molecule has 0 fully saturated rings. The fourth-order valence-corrected chi connectivity index (χ4v) is 4.63. The Balaban J connectivity index is 1.34. The molecule has 0 amide bonds. The first-order chi connectivity index (χ1) is 20.0. The van der Waals surface area contributed by atoms with Gasteiger partial charge in [0.25, 0.3) is 10.1 Å². The first kappa shape index (κ1) is 27.9. The predicted molar refractivity (Wildman–Crippen MR) is 155 cm³/mol. The molecule has 13 heteroatoms. The quantitative estimate of drug-likeness (QED) is 0.0745. The summed E-state index contributed by atoms with van der Waals surface area (Å²) in [6.07, 6.45) is 0. The van der Waals surface area contributed by atoms with E-state index in [-0.39, 0.29) is 33.8 Å². The van der Waals surface area contributed by atoms with E-state index >= 15 is 0 Å². The smallest absolute Gasteiger partial charge is 0.339 e. The average molecular weight is 584 g/mol. The van der Waals surface area contributed by atoms with Gasteiger partial charge in [-0.25, -0.2) is 4.79 Å². The number of aromatic hydroxyl groups is 2. The molecule has 5 aromatic rings. The van der Waals surface area contributed by atoms with Crippen LogP contribution in [0, 0.1) is 0 Å². The molecular formula is C29H21N5O7S. The molecule has 0 saturated carbocycles. The van der Waals surface area contributed by atoms with Crippen LogP contribution in [-0.2, 0) is 10.1 Å². The summed E-state index contributed by atoms with van der Waals surface area (Å²) in [4.78, 5) is 10.7. The lowest BCUT2D eigenvalue weighted by molar-refractivity contribution is 0.0693. The zero-order valence-electron chi connectivity index (χ0n) is 21.4. The van der Waals surface area contributed by atoms with Crippen molar-refractivity contribution in [3.8, 4) is 22.6 Å². The van der Waals surface area contributed by atoms with Crippen molar-refractivity contribution in [1.29, 1.82) is 0 Å². The second-order valence-corrected chi connectivity index (χ2v) is 10.4. The highest BCUT2D eigenvalue weighted by Gasteiger charge is 2.17. The minimum atomic E-state index is -4.53. The van der Waals surface area contributed by atoms with Gasteiger partial charge in [0.05, 0.1) is 33.0 Å². The molecule has 0 bridgehead atoms. The summed E-state index contributed by atoms with van der Waals surface area (Å²) in [6, 6.07) is 23.3. The van der Waals surface area contributed by atoms with Crippen LogP contribution in [-0.4, -0.2) is 34.3 Å². The minimum Gasteiger partial charge on any atom is -0.507 e. The Morgan fingerprint density at radius 1 is 0.667 bits per heavy atom. The van der Waals surface area contributed by atoms with Crippen molar-refractivity contribution in [1.82, 2.24) is 0 Å². The van der Waals surface area contributed by atoms with Crippen molar-refractivity contribution < 1.29 is 33.1 Å². The van der Waals surface area contributed by atoms with Gasteiger partial charge < -0.3 is 21.1 Å². The first-order valence-corrected chi connectivity index (χ1v) is 13.6. The van der Waals surface area contributed by atoms with Crippen LogP contribution in [0.4, 0.5) is 28.4 Å². The Hall–Kier alpha value is -5.66. The number of anilines is 1. The fraction of sp³-hybridized carbons (Fsp3) is 0. The van der Waals surface area contributed by atoms with Crippen LogP contribution in [0.1, 0.15) is 10.4 Å². The van der Waals surface area contributed by atoms with Crippen molar-refractivity contribution in [2.24, 2.45) is 20.5 Å². The third-order valence-corrected chi connectivity index (χ3v) is 7.03. The van der Waals surface area contributed by atoms with Gasteiger partial charge in [-0.05, 0) is 71.1 Å². The summed E-state index contributed by atoms with van der Waals surface area (Å²) in [6.45, 7) is 0. The summed E-state index contributed by atoms with van der Waals surface area (Å²) >= 11 is 0. The topological polar surface area (TPSA) is 208 Å². The number of fused-ring (bicyclic) bond motifs is 1. The van der Waals surface area contributed by atoms with E-state index < -0.39 is 26.7 Å². The molecule has 5 rings (SSSR count). The maximum absolute atomic E-state index is 11.5. The summed E-state index contributed by atoms with van der Waals surface area (Å²) in [5, 5.41) is 46.2. The van der Waals surface area contributed by atoms with Gasteiger partial charge in [0, 0.05) is 6.07 Å². The van der Waals surface area contributed by atoms with Crippen LogP contribution in [0.5, 0.6) is 11.5 Å². The highest BCUT2D eigenvalue weighted by Crippen LogP contribution is 2.40. The lowest BCUT2D eigenvalue weighted by Crippen LogP contribution is -1.98. The van der Waals surface area contributed by atoms with Crippen molar-refractivity contribution >= 4 is 55.3 Å². The van der Waals surface area contributed by atoms with Gasteiger partial charge in [-0.3, -0.25) is 4.55 Å². The number of aromatic carboxylic acids is 1. The number of carbonyl (C=O) groups is 1. The van der Waals surface area contributed by atoms with Crippen LogP contribution < -0.4 is 5.73 Å². The van der Waals surface area contributed by atoms with Crippen molar-refractivity contribution in [2.45, 2.75) is 4.90 Å². The Morgan fingerprint density at radius 2 is 1.21 bits per heavy atom. The maximum Gasteiger partial charge on any atom is 0.339 e. The Labute approximate surface area is 238 Å². The summed E-state index contributed by atoms with van der Waals surface area (Å²) in [5.41, 5.74) is 9.21. The SMILES string of the molecule is Nc1ccc2cc(S(=O)(=O)O)cc(O)c2c1N=Nc1ccc(-c2ccc(N=Nc3ccc(O)c(C(=O)O)c3)cc2)cc1. The Bertz CT molecular complexity index is 2010. The number of azo groups is 2. The molecule has 0 heterocycles. The minimum absolute atomic E-state index is 0.146. The summed E-state index contributed by atoms with van der Waals surface area (Å²) in [5.74, 6) is -2.05. The number of carboxylic acids is 1. The van der Waals surface area contributed by atoms with E-state index in [2.05, 4.69) is 20.5 Å². The Morgan fingerprint density at radius 3 is 1.79 bits per heavy atom. The number of hydrogen-bond acceptors (Lipinski definition) is 10.